The molecule has 0 bridgehead atoms. The molecule has 1 heterocycles. The fraction of sp³-hybridized carbons (Fsp3) is 0.524. The zero-order valence-corrected chi connectivity index (χ0v) is 17.5. The van der Waals surface area contributed by atoms with Crippen molar-refractivity contribution in [1.29, 1.82) is 0 Å². The van der Waals surface area contributed by atoms with E-state index in [2.05, 4.69) is 51.3 Å². The lowest BCUT2D eigenvalue weighted by Gasteiger charge is -2.32. The second kappa shape index (κ2) is 8.49. The molecule has 5 heteroatoms. The smallest absolute Gasteiger partial charge is 0.166 e. The molecule has 0 radical (unpaired) electrons. The van der Waals surface area contributed by atoms with Crippen LogP contribution >= 0.6 is 15.9 Å². The van der Waals surface area contributed by atoms with Crippen LogP contribution in [0.5, 0.6) is 0 Å². The number of Topliss-reactive ketones (excluding diaryl/α,β-unsaturated/α-hetero) is 1. The van der Waals surface area contributed by atoms with Crippen molar-refractivity contribution in [1.82, 2.24) is 9.88 Å². The van der Waals surface area contributed by atoms with Crippen molar-refractivity contribution >= 4 is 38.3 Å². The summed E-state index contributed by atoms with van der Waals surface area (Å²) >= 11 is 3.56. The second-order valence-electron chi connectivity index (χ2n) is 7.61. The lowest BCUT2D eigenvalue weighted by Crippen LogP contribution is -2.31. The van der Waals surface area contributed by atoms with Gasteiger partial charge < -0.3 is 10.2 Å². The van der Waals surface area contributed by atoms with Crippen LogP contribution in [0, 0.1) is 5.92 Å². The standard InChI is InChI=1S/C21H28BrN3O/c1-4-20(26)18-12-23-19-10-7-15(22)11-17(19)21(18)24-16-8-5-14(6-9-16)13-25(2)3/h7,10-12,14,16H,4-6,8-9,13H2,1-3H3,(H,23,24)/t14-,16-. The number of hydrogen-bond donors (Lipinski definition) is 1. The minimum atomic E-state index is 0.142. The lowest BCUT2D eigenvalue weighted by molar-refractivity contribution is 0.0988. The molecule has 0 unspecified atom stereocenters. The largest absolute Gasteiger partial charge is 0.381 e. The van der Waals surface area contributed by atoms with Gasteiger partial charge in [0.2, 0.25) is 0 Å². The maximum Gasteiger partial charge on any atom is 0.166 e. The molecule has 1 N–H and O–H groups in total. The van der Waals surface area contributed by atoms with E-state index in [1.807, 2.05) is 19.1 Å². The van der Waals surface area contributed by atoms with Crippen LogP contribution in [0.3, 0.4) is 0 Å². The number of anilines is 1. The highest BCUT2D eigenvalue weighted by Gasteiger charge is 2.24. The normalized spacial score (nSPS) is 20.5. The van der Waals surface area contributed by atoms with Gasteiger partial charge in [0.25, 0.3) is 0 Å². The SMILES string of the molecule is CCC(=O)c1cnc2ccc(Br)cc2c1N[C@H]1CC[C@H](CN(C)C)CC1. The molecule has 4 nitrogen and oxygen atoms in total. The number of nitrogens with one attached hydrogen (secondary N) is 1. The van der Waals surface area contributed by atoms with Gasteiger partial charge in [-0.05, 0) is 63.9 Å². The number of rotatable bonds is 6. The Morgan fingerprint density at radius 3 is 2.65 bits per heavy atom. The molecule has 1 fully saturated rings. The first-order chi connectivity index (χ1) is 12.5. The van der Waals surface area contributed by atoms with Crippen molar-refractivity contribution in [2.75, 3.05) is 26.0 Å². The third kappa shape index (κ3) is 4.44. The van der Waals surface area contributed by atoms with E-state index >= 15 is 0 Å². The highest BCUT2D eigenvalue weighted by atomic mass is 79.9. The first kappa shape index (κ1) is 19.3. The van der Waals surface area contributed by atoms with Gasteiger partial charge in [0.1, 0.15) is 0 Å². The molecular formula is C21H28BrN3O. The molecule has 0 aliphatic heterocycles. The van der Waals surface area contributed by atoms with Crippen LogP contribution in [0.4, 0.5) is 5.69 Å². The summed E-state index contributed by atoms with van der Waals surface area (Å²) in [5.41, 5.74) is 2.59. The number of pyridine rings is 1. The molecule has 26 heavy (non-hydrogen) atoms. The van der Waals surface area contributed by atoms with E-state index < -0.39 is 0 Å². The van der Waals surface area contributed by atoms with Crippen molar-refractivity contribution < 1.29 is 4.79 Å². The van der Waals surface area contributed by atoms with Gasteiger partial charge in [0.05, 0.1) is 16.8 Å². The number of fused-ring (bicyclic) bond motifs is 1. The first-order valence-electron chi connectivity index (χ1n) is 9.50. The van der Waals surface area contributed by atoms with Crippen LogP contribution in [0.15, 0.2) is 28.9 Å². The summed E-state index contributed by atoms with van der Waals surface area (Å²) in [7, 11) is 4.29. The van der Waals surface area contributed by atoms with Crippen LogP contribution < -0.4 is 5.32 Å². The molecule has 0 amide bonds. The highest BCUT2D eigenvalue weighted by Crippen LogP contribution is 2.33. The first-order valence-corrected chi connectivity index (χ1v) is 10.3. The van der Waals surface area contributed by atoms with E-state index in [4.69, 9.17) is 0 Å². The average molecular weight is 418 g/mol. The summed E-state index contributed by atoms with van der Waals surface area (Å²) in [5.74, 6) is 0.922. The van der Waals surface area contributed by atoms with E-state index in [0.717, 1.165) is 46.4 Å². The van der Waals surface area contributed by atoms with Crippen LogP contribution in [0.25, 0.3) is 10.9 Å². The zero-order valence-electron chi connectivity index (χ0n) is 15.9. The van der Waals surface area contributed by atoms with Gasteiger partial charge in [0, 0.05) is 35.1 Å². The number of halogens is 1. The Morgan fingerprint density at radius 1 is 1.27 bits per heavy atom. The van der Waals surface area contributed by atoms with Gasteiger partial charge in [-0.3, -0.25) is 9.78 Å². The molecule has 1 aromatic carbocycles. The average Bonchev–Trinajstić information content (AvgIpc) is 2.62. The third-order valence-corrected chi connectivity index (χ3v) is 5.76. The Labute approximate surface area is 164 Å². The maximum absolute atomic E-state index is 12.5. The Morgan fingerprint density at radius 2 is 2.00 bits per heavy atom. The van der Waals surface area contributed by atoms with E-state index in [1.165, 1.54) is 12.8 Å². The number of aromatic nitrogens is 1. The second-order valence-corrected chi connectivity index (χ2v) is 8.52. The molecule has 1 saturated carbocycles. The van der Waals surface area contributed by atoms with Gasteiger partial charge in [-0.1, -0.05) is 22.9 Å². The number of ketones is 1. The third-order valence-electron chi connectivity index (χ3n) is 5.27. The lowest BCUT2D eigenvalue weighted by atomic mass is 9.85. The molecule has 1 aliphatic rings. The molecule has 3 rings (SSSR count). The van der Waals surface area contributed by atoms with Gasteiger partial charge in [-0.25, -0.2) is 0 Å². The maximum atomic E-state index is 12.5. The molecule has 0 atom stereocenters. The Bertz CT molecular complexity index is 782. The van der Waals surface area contributed by atoms with Crippen molar-refractivity contribution in [3.05, 3.63) is 34.4 Å². The zero-order chi connectivity index (χ0) is 18.7. The number of nitrogens with zero attached hydrogens (tertiary/aromatic N) is 2. The fourth-order valence-corrected chi connectivity index (χ4v) is 4.29. The van der Waals surface area contributed by atoms with Crippen molar-refractivity contribution in [3.8, 4) is 0 Å². The molecule has 2 aromatic rings. The Balaban J connectivity index is 1.86. The number of benzene rings is 1. The Hall–Kier alpha value is -1.46. The van der Waals surface area contributed by atoms with E-state index in [9.17, 15) is 4.79 Å². The van der Waals surface area contributed by atoms with Crippen LogP contribution in [-0.2, 0) is 0 Å². The quantitative estimate of drug-likeness (QED) is 0.662. The summed E-state index contributed by atoms with van der Waals surface area (Å²) < 4.78 is 1.01. The molecule has 1 aliphatic carbocycles. The van der Waals surface area contributed by atoms with Crippen molar-refractivity contribution in [2.45, 2.75) is 45.1 Å². The molecule has 140 valence electrons. The summed E-state index contributed by atoms with van der Waals surface area (Å²) in [5, 5.41) is 4.74. The molecule has 1 aromatic heterocycles. The summed E-state index contributed by atoms with van der Waals surface area (Å²) in [6, 6.07) is 6.47. The van der Waals surface area contributed by atoms with Gasteiger partial charge in [-0.15, -0.1) is 0 Å². The summed E-state index contributed by atoms with van der Waals surface area (Å²) in [6.45, 7) is 3.07. The van der Waals surface area contributed by atoms with Gasteiger partial charge >= 0.3 is 0 Å². The fourth-order valence-electron chi connectivity index (χ4n) is 3.93. The minimum absolute atomic E-state index is 0.142. The summed E-state index contributed by atoms with van der Waals surface area (Å²) in [6.07, 6.45) is 7.00. The van der Waals surface area contributed by atoms with Crippen LogP contribution in [0.2, 0.25) is 0 Å². The van der Waals surface area contributed by atoms with Gasteiger partial charge in [0.15, 0.2) is 5.78 Å². The minimum Gasteiger partial charge on any atom is -0.381 e. The van der Waals surface area contributed by atoms with Crippen LogP contribution in [-0.4, -0.2) is 42.3 Å². The van der Waals surface area contributed by atoms with E-state index in [1.54, 1.807) is 6.20 Å². The predicted molar refractivity (Wildman–Crippen MR) is 112 cm³/mol. The molecule has 0 spiro atoms. The molecule has 0 saturated heterocycles. The number of carbonyl (C=O) groups is 1. The van der Waals surface area contributed by atoms with Gasteiger partial charge in [-0.2, -0.15) is 0 Å². The topological polar surface area (TPSA) is 45.2 Å². The van der Waals surface area contributed by atoms with E-state index in [-0.39, 0.29) is 5.78 Å². The van der Waals surface area contributed by atoms with Crippen molar-refractivity contribution in [3.63, 3.8) is 0 Å². The number of hydrogen-bond acceptors (Lipinski definition) is 4. The van der Waals surface area contributed by atoms with Crippen molar-refractivity contribution in [2.24, 2.45) is 5.92 Å². The monoisotopic (exact) mass is 417 g/mol. The van der Waals surface area contributed by atoms with Crippen LogP contribution in [0.1, 0.15) is 49.4 Å². The number of carbonyl (C=O) groups excluding carboxylic acids is 1. The Kier molecular flexibility index (Phi) is 6.30. The predicted octanol–water partition coefficient (Wildman–Crippen LogP) is 5.12. The highest BCUT2D eigenvalue weighted by molar-refractivity contribution is 9.10. The molecular weight excluding hydrogens is 390 g/mol. The summed E-state index contributed by atoms with van der Waals surface area (Å²) in [4.78, 5) is 19.3. The van der Waals surface area contributed by atoms with E-state index in [0.29, 0.717) is 18.0 Å².